The molecule has 1 saturated heterocycles. The zero-order chi connectivity index (χ0) is 17.8. The van der Waals surface area contributed by atoms with Crippen LogP contribution in [0, 0.1) is 0 Å². The van der Waals surface area contributed by atoms with Gasteiger partial charge in [-0.25, -0.2) is 4.98 Å². The van der Waals surface area contributed by atoms with Crippen LogP contribution in [0.25, 0.3) is 11.5 Å². The van der Waals surface area contributed by atoms with Crippen LogP contribution < -0.4 is 0 Å². The molecule has 3 rings (SSSR count). The quantitative estimate of drug-likeness (QED) is 0.874. The van der Waals surface area contributed by atoms with Crippen molar-refractivity contribution in [3.8, 4) is 11.5 Å². The van der Waals surface area contributed by atoms with Crippen molar-refractivity contribution >= 4 is 23.5 Å². The number of carbonyl (C=O) groups excluding carboxylic acids is 1. The van der Waals surface area contributed by atoms with Crippen molar-refractivity contribution in [3.63, 3.8) is 0 Å². The molecule has 2 aromatic rings. The summed E-state index contributed by atoms with van der Waals surface area (Å²) in [6, 6.07) is 7.06. The molecular formula is C17H17ClN2O5. The number of carboxylic acids is 1. The third kappa shape index (κ3) is 4.58. The average molecular weight is 365 g/mol. The summed E-state index contributed by atoms with van der Waals surface area (Å²) < 4.78 is 10.8. The minimum Gasteiger partial charge on any atom is -0.481 e. The monoisotopic (exact) mass is 364 g/mol. The Labute approximate surface area is 149 Å². The number of morpholine rings is 1. The zero-order valence-electron chi connectivity index (χ0n) is 13.4. The van der Waals surface area contributed by atoms with Crippen LogP contribution in [-0.2, 0) is 20.7 Å². The number of benzene rings is 1. The van der Waals surface area contributed by atoms with Crippen LogP contribution in [0.1, 0.15) is 12.1 Å². The summed E-state index contributed by atoms with van der Waals surface area (Å²) in [6.07, 6.45) is 0.958. The van der Waals surface area contributed by atoms with Gasteiger partial charge in [-0.1, -0.05) is 11.6 Å². The normalized spacial score (nSPS) is 17.5. The lowest BCUT2D eigenvalue weighted by atomic mass is 10.2. The molecular weight excluding hydrogens is 348 g/mol. The molecule has 0 saturated carbocycles. The van der Waals surface area contributed by atoms with E-state index in [1.807, 2.05) is 0 Å². The van der Waals surface area contributed by atoms with E-state index in [2.05, 4.69) is 4.98 Å². The van der Waals surface area contributed by atoms with Crippen LogP contribution in [0.4, 0.5) is 0 Å². The summed E-state index contributed by atoms with van der Waals surface area (Å²) in [6.45, 7) is 1.04. The van der Waals surface area contributed by atoms with Crippen molar-refractivity contribution in [1.29, 1.82) is 0 Å². The van der Waals surface area contributed by atoms with Gasteiger partial charge in [0.05, 0.1) is 31.2 Å². The molecule has 0 unspecified atom stereocenters. The SMILES string of the molecule is O=C(O)C[C@H]1CN(C(=O)Cc2coc(-c3ccc(Cl)cc3)n2)CCO1. The lowest BCUT2D eigenvalue weighted by Gasteiger charge is -2.32. The first-order chi connectivity index (χ1) is 12.0. The summed E-state index contributed by atoms with van der Waals surface area (Å²) in [5, 5.41) is 9.46. The molecule has 1 N–H and O–H groups in total. The third-order valence-corrected chi connectivity index (χ3v) is 4.12. The first-order valence-corrected chi connectivity index (χ1v) is 8.20. The predicted octanol–water partition coefficient (Wildman–Crippen LogP) is 2.24. The van der Waals surface area contributed by atoms with Crippen LogP contribution in [0.15, 0.2) is 34.9 Å². The second-order valence-corrected chi connectivity index (χ2v) is 6.19. The Kier molecular flexibility index (Phi) is 5.35. The summed E-state index contributed by atoms with van der Waals surface area (Å²) in [7, 11) is 0. The summed E-state index contributed by atoms with van der Waals surface area (Å²) in [5.41, 5.74) is 1.30. The van der Waals surface area contributed by atoms with Gasteiger partial charge in [0.25, 0.3) is 0 Å². The molecule has 132 valence electrons. The molecule has 1 aromatic carbocycles. The fourth-order valence-corrected chi connectivity index (χ4v) is 2.77. The van der Waals surface area contributed by atoms with E-state index in [0.29, 0.717) is 29.8 Å². The maximum atomic E-state index is 12.4. The first-order valence-electron chi connectivity index (χ1n) is 7.83. The number of hydrogen-bond donors (Lipinski definition) is 1. The minimum atomic E-state index is -0.941. The number of amides is 1. The number of rotatable bonds is 5. The third-order valence-electron chi connectivity index (χ3n) is 3.87. The zero-order valence-corrected chi connectivity index (χ0v) is 14.1. The van der Waals surface area contributed by atoms with Gasteiger partial charge in [-0.15, -0.1) is 0 Å². The van der Waals surface area contributed by atoms with E-state index in [9.17, 15) is 9.59 Å². The fourth-order valence-electron chi connectivity index (χ4n) is 2.64. The Morgan fingerprint density at radius 3 is 2.80 bits per heavy atom. The van der Waals surface area contributed by atoms with Crippen LogP contribution in [0.5, 0.6) is 0 Å². The van der Waals surface area contributed by atoms with E-state index in [1.54, 1.807) is 29.2 Å². The smallest absolute Gasteiger partial charge is 0.306 e. The molecule has 1 atom stereocenters. The molecule has 0 radical (unpaired) electrons. The number of ether oxygens (including phenoxy) is 1. The van der Waals surface area contributed by atoms with Crippen LogP contribution in [0.2, 0.25) is 5.02 Å². The van der Waals surface area contributed by atoms with Gasteiger partial charge in [0.1, 0.15) is 6.26 Å². The Balaban J connectivity index is 1.61. The van der Waals surface area contributed by atoms with Crippen LogP contribution >= 0.6 is 11.6 Å². The van der Waals surface area contributed by atoms with Gasteiger partial charge in [-0.2, -0.15) is 0 Å². The maximum absolute atomic E-state index is 12.4. The minimum absolute atomic E-state index is 0.0941. The number of aromatic nitrogens is 1. The molecule has 7 nitrogen and oxygen atoms in total. The van der Waals surface area contributed by atoms with Crippen molar-refractivity contribution in [2.75, 3.05) is 19.7 Å². The molecule has 8 heteroatoms. The predicted molar refractivity (Wildman–Crippen MR) is 89.2 cm³/mol. The molecule has 1 amide bonds. The molecule has 0 spiro atoms. The first kappa shape index (κ1) is 17.4. The van der Waals surface area contributed by atoms with Gasteiger partial charge in [-0.05, 0) is 24.3 Å². The number of carbonyl (C=O) groups is 2. The molecule has 1 aliphatic rings. The molecule has 0 bridgehead atoms. The standard InChI is InChI=1S/C17H17ClN2O5/c18-12-3-1-11(2-4-12)17-19-13(10-25-17)7-15(21)20-5-6-24-14(9-20)8-16(22)23/h1-4,10,14H,5-9H2,(H,22,23)/t14-/m0/s1. The van der Waals surface area contributed by atoms with E-state index in [1.165, 1.54) is 6.26 Å². The molecule has 25 heavy (non-hydrogen) atoms. The largest absolute Gasteiger partial charge is 0.481 e. The van der Waals surface area contributed by atoms with Gasteiger partial charge in [0, 0.05) is 23.7 Å². The number of aliphatic carboxylic acids is 1. The highest BCUT2D eigenvalue weighted by atomic mass is 35.5. The van der Waals surface area contributed by atoms with Crippen molar-refractivity contribution in [1.82, 2.24) is 9.88 Å². The summed E-state index contributed by atoms with van der Waals surface area (Å²) in [5.74, 6) is -0.650. The molecule has 0 aliphatic carbocycles. The number of halogens is 1. The van der Waals surface area contributed by atoms with Crippen LogP contribution in [0.3, 0.4) is 0 Å². The highest BCUT2D eigenvalue weighted by molar-refractivity contribution is 6.30. The number of nitrogens with zero attached hydrogens (tertiary/aromatic N) is 2. The van der Waals surface area contributed by atoms with Crippen molar-refractivity contribution in [2.45, 2.75) is 18.9 Å². The van der Waals surface area contributed by atoms with Crippen LogP contribution in [-0.4, -0.2) is 52.7 Å². The topological polar surface area (TPSA) is 92.9 Å². The molecule has 1 aliphatic heterocycles. The Morgan fingerprint density at radius 1 is 1.32 bits per heavy atom. The summed E-state index contributed by atoms with van der Waals surface area (Å²) >= 11 is 5.85. The fraction of sp³-hybridized carbons (Fsp3) is 0.353. The van der Waals surface area contributed by atoms with E-state index < -0.39 is 12.1 Å². The van der Waals surface area contributed by atoms with Crippen molar-refractivity contribution < 1.29 is 23.8 Å². The van der Waals surface area contributed by atoms with E-state index in [4.69, 9.17) is 25.9 Å². The lowest BCUT2D eigenvalue weighted by molar-refractivity contribution is -0.147. The number of hydrogen-bond acceptors (Lipinski definition) is 5. The molecule has 1 aromatic heterocycles. The Hall–Kier alpha value is -2.38. The summed E-state index contributed by atoms with van der Waals surface area (Å²) in [4.78, 5) is 29.1. The number of carboxylic acid groups (broad SMARTS) is 1. The van der Waals surface area contributed by atoms with Gasteiger partial charge < -0.3 is 19.2 Å². The highest BCUT2D eigenvalue weighted by Gasteiger charge is 2.26. The van der Waals surface area contributed by atoms with E-state index in [-0.39, 0.29) is 25.3 Å². The number of oxazole rings is 1. The average Bonchev–Trinajstić information content (AvgIpc) is 3.03. The van der Waals surface area contributed by atoms with Gasteiger partial charge in [-0.3, -0.25) is 9.59 Å². The molecule has 2 heterocycles. The highest BCUT2D eigenvalue weighted by Crippen LogP contribution is 2.21. The van der Waals surface area contributed by atoms with E-state index in [0.717, 1.165) is 5.56 Å². The van der Waals surface area contributed by atoms with Gasteiger partial charge >= 0.3 is 5.97 Å². The Morgan fingerprint density at radius 2 is 2.08 bits per heavy atom. The second-order valence-electron chi connectivity index (χ2n) is 5.76. The van der Waals surface area contributed by atoms with E-state index >= 15 is 0 Å². The Bertz CT molecular complexity index is 759. The molecule has 1 fully saturated rings. The van der Waals surface area contributed by atoms with Crippen molar-refractivity contribution in [2.24, 2.45) is 0 Å². The lowest BCUT2D eigenvalue weighted by Crippen LogP contribution is -2.46. The second kappa shape index (κ2) is 7.67. The van der Waals surface area contributed by atoms with Crippen molar-refractivity contribution in [3.05, 3.63) is 41.2 Å². The maximum Gasteiger partial charge on any atom is 0.306 e. The van der Waals surface area contributed by atoms with Gasteiger partial charge in [0.2, 0.25) is 11.8 Å². The van der Waals surface area contributed by atoms with Gasteiger partial charge in [0.15, 0.2) is 0 Å².